The highest BCUT2D eigenvalue weighted by molar-refractivity contribution is 7.53. The topological polar surface area (TPSA) is 86.0 Å². The van der Waals surface area contributed by atoms with Crippen molar-refractivity contribution in [2.45, 2.75) is 33.9 Å². The van der Waals surface area contributed by atoms with Crippen molar-refractivity contribution in [2.24, 2.45) is 0 Å². The number of carbonyl (C=O) groups is 1. The summed E-state index contributed by atoms with van der Waals surface area (Å²) in [7, 11) is -3.34. The second kappa shape index (κ2) is 6.37. The second-order valence-corrected chi connectivity index (χ2v) is 6.03. The van der Waals surface area contributed by atoms with Gasteiger partial charge in [0.25, 0.3) is 0 Å². The number of aromatic carboxylic acids is 1. The van der Waals surface area contributed by atoms with Crippen LogP contribution in [0.1, 0.15) is 41.3 Å². The molecule has 0 aromatic carbocycles. The van der Waals surface area contributed by atoms with E-state index in [1.54, 1.807) is 27.7 Å². The van der Waals surface area contributed by atoms with Crippen LogP contribution in [0.2, 0.25) is 0 Å². The van der Waals surface area contributed by atoms with Gasteiger partial charge in [0, 0.05) is 5.56 Å². The molecule has 1 aromatic heterocycles. The minimum atomic E-state index is -3.34. The Labute approximate surface area is 112 Å². The Balaban J connectivity index is 3.16. The van der Waals surface area contributed by atoms with Gasteiger partial charge in [0.05, 0.1) is 19.4 Å². The molecule has 0 amide bonds. The predicted octanol–water partition coefficient (Wildman–Crippen LogP) is 3.36. The Kier molecular flexibility index (Phi) is 5.35. The number of furan rings is 1. The van der Waals surface area contributed by atoms with Crippen LogP contribution in [0, 0.1) is 13.8 Å². The monoisotopic (exact) mass is 290 g/mol. The third kappa shape index (κ3) is 3.69. The fraction of sp³-hybridized carbons (Fsp3) is 0.583. The van der Waals surface area contributed by atoms with Crippen LogP contribution in [0.25, 0.3) is 0 Å². The highest BCUT2D eigenvalue weighted by Crippen LogP contribution is 2.52. The van der Waals surface area contributed by atoms with E-state index in [9.17, 15) is 14.5 Å². The van der Waals surface area contributed by atoms with Gasteiger partial charge < -0.3 is 18.6 Å². The zero-order valence-corrected chi connectivity index (χ0v) is 12.5. The van der Waals surface area contributed by atoms with Gasteiger partial charge in [-0.05, 0) is 27.7 Å². The molecule has 0 bridgehead atoms. The minimum absolute atomic E-state index is 0.0390. The number of hydrogen-bond donors (Lipinski definition) is 1. The Morgan fingerprint density at radius 2 is 1.74 bits per heavy atom. The smallest absolute Gasteiger partial charge is 0.339 e. The van der Waals surface area contributed by atoms with Gasteiger partial charge in [0.1, 0.15) is 17.1 Å². The van der Waals surface area contributed by atoms with Gasteiger partial charge in [0.15, 0.2) is 0 Å². The van der Waals surface area contributed by atoms with Crippen LogP contribution < -0.4 is 0 Å². The molecule has 19 heavy (non-hydrogen) atoms. The van der Waals surface area contributed by atoms with E-state index in [1.165, 1.54) is 0 Å². The Morgan fingerprint density at radius 3 is 2.16 bits per heavy atom. The average molecular weight is 290 g/mol. The summed E-state index contributed by atoms with van der Waals surface area (Å²) in [5, 5.41) is 9.19. The van der Waals surface area contributed by atoms with Gasteiger partial charge in [-0.25, -0.2) is 4.79 Å². The lowest BCUT2D eigenvalue weighted by Gasteiger charge is -2.16. The van der Waals surface area contributed by atoms with Crippen molar-refractivity contribution in [3.8, 4) is 0 Å². The quantitative estimate of drug-likeness (QED) is 0.775. The van der Waals surface area contributed by atoms with E-state index in [4.69, 9.17) is 13.5 Å². The third-order valence-corrected chi connectivity index (χ3v) is 4.61. The van der Waals surface area contributed by atoms with Crippen LogP contribution in [-0.2, 0) is 19.8 Å². The highest BCUT2D eigenvalue weighted by atomic mass is 31.2. The van der Waals surface area contributed by atoms with E-state index in [0.29, 0.717) is 17.1 Å². The van der Waals surface area contributed by atoms with Crippen molar-refractivity contribution >= 4 is 13.6 Å². The lowest BCUT2D eigenvalue weighted by Crippen LogP contribution is -2.05. The van der Waals surface area contributed by atoms with Gasteiger partial charge in [-0.1, -0.05) is 0 Å². The molecular weight excluding hydrogens is 271 g/mol. The molecule has 0 unspecified atom stereocenters. The number of rotatable bonds is 7. The third-order valence-electron chi connectivity index (χ3n) is 2.60. The molecule has 108 valence electrons. The standard InChI is InChI=1S/C12H19O6P/c1-5-16-19(15,17-6-2)7-10-8(3)18-9(4)11(10)12(13)14/h5-7H2,1-4H3,(H,13,14). The summed E-state index contributed by atoms with van der Waals surface area (Å²) in [6.07, 6.45) is -0.0977. The number of carboxylic acid groups (broad SMARTS) is 1. The van der Waals surface area contributed by atoms with Crippen molar-refractivity contribution in [1.82, 2.24) is 0 Å². The summed E-state index contributed by atoms with van der Waals surface area (Å²) in [6, 6.07) is 0. The summed E-state index contributed by atoms with van der Waals surface area (Å²) in [6.45, 7) is 7.07. The van der Waals surface area contributed by atoms with Crippen LogP contribution in [0.4, 0.5) is 0 Å². The zero-order valence-electron chi connectivity index (χ0n) is 11.6. The molecule has 0 fully saturated rings. The molecule has 0 saturated heterocycles. The summed E-state index contributed by atoms with van der Waals surface area (Å²) in [5.74, 6) is -0.391. The highest BCUT2D eigenvalue weighted by Gasteiger charge is 2.31. The Hall–Kier alpha value is -1.10. The van der Waals surface area contributed by atoms with E-state index in [2.05, 4.69) is 0 Å². The van der Waals surface area contributed by atoms with E-state index < -0.39 is 13.6 Å². The van der Waals surface area contributed by atoms with Crippen LogP contribution in [-0.4, -0.2) is 24.3 Å². The fourth-order valence-electron chi connectivity index (χ4n) is 1.92. The molecular formula is C12H19O6P. The van der Waals surface area contributed by atoms with Crippen LogP contribution >= 0.6 is 7.60 Å². The van der Waals surface area contributed by atoms with E-state index in [1.807, 2.05) is 0 Å². The van der Waals surface area contributed by atoms with E-state index >= 15 is 0 Å². The average Bonchev–Trinajstić information content (AvgIpc) is 2.53. The normalized spacial score (nSPS) is 11.8. The molecule has 1 aromatic rings. The summed E-state index contributed by atoms with van der Waals surface area (Å²) >= 11 is 0. The van der Waals surface area contributed by atoms with Crippen LogP contribution in [0.15, 0.2) is 4.42 Å². The molecule has 0 aliphatic carbocycles. The van der Waals surface area contributed by atoms with Crippen molar-refractivity contribution < 1.29 is 27.9 Å². The van der Waals surface area contributed by atoms with Gasteiger partial charge in [-0.15, -0.1) is 0 Å². The molecule has 0 aliphatic rings. The molecule has 7 heteroatoms. The van der Waals surface area contributed by atoms with Crippen molar-refractivity contribution in [2.75, 3.05) is 13.2 Å². The molecule has 1 heterocycles. The fourth-order valence-corrected chi connectivity index (χ4v) is 3.73. The molecule has 0 saturated carbocycles. The minimum Gasteiger partial charge on any atom is -0.478 e. The maximum atomic E-state index is 12.4. The zero-order chi connectivity index (χ0) is 14.6. The molecule has 6 nitrogen and oxygen atoms in total. The molecule has 1 rings (SSSR count). The van der Waals surface area contributed by atoms with Crippen molar-refractivity contribution in [1.29, 1.82) is 0 Å². The Bertz CT molecular complexity index is 495. The summed E-state index contributed by atoms with van der Waals surface area (Å²) in [4.78, 5) is 11.2. The number of aryl methyl sites for hydroxylation is 2. The SMILES string of the molecule is CCOP(=O)(Cc1c(C)oc(C)c1C(=O)O)OCC. The van der Waals surface area contributed by atoms with E-state index in [-0.39, 0.29) is 24.9 Å². The van der Waals surface area contributed by atoms with Crippen molar-refractivity contribution in [3.63, 3.8) is 0 Å². The summed E-state index contributed by atoms with van der Waals surface area (Å²) < 4.78 is 28.1. The molecule has 0 spiro atoms. The predicted molar refractivity (Wildman–Crippen MR) is 69.7 cm³/mol. The van der Waals surface area contributed by atoms with Crippen LogP contribution in [0.5, 0.6) is 0 Å². The van der Waals surface area contributed by atoms with Crippen molar-refractivity contribution in [3.05, 3.63) is 22.6 Å². The summed E-state index contributed by atoms with van der Waals surface area (Å²) in [5.41, 5.74) is 0.410. The molecule has 0 aliphatic heterocycles. The van der Waals surface area contributed by atoms with Gasteiger partial charge in [0.2, 0.25) is 0 Å². The maximum absolute atomic E-state index is 12.4. The van der Waals surface area contributed by atoms with Gasteiger partial charge in [-0.2, -0.15) is 0 Å². The largest absolute Gasteiger partial charge is 0.478 e. The number of carboxylic acids is 1. The van der Waals surface area contributed by atoms with Gasteiger partial charge >= 0.3 is 13.6 Å². The van der Waals surface area contributed by atoms with Crippen LogP contribution in [0.3, 0.4) is 0 Å². The first-order valence-corrected chi connectivity index (χ1v) is 7.77. The lowest BCUT2D eigenvalue weighted by molar-refractivity contribution is 0.0694. The first-order chi connectivity index (χ1) is 8.84. The molecule has 0 atom stereocenters. The molecule has 0 radical (unpaired) electrons. The first-order valence-electron chi connectivity index (χ1n) is 6.05. The Morgan fingerprint density at radius 1 is 1.21 bits per heavy atom. The number of hydrogen-bond acceptors (Lipinski definition) is 5. The van der Waals surface area contributed by atoms with Gasteiger partial charge in [-0.3, -0.25) is 4.57 Å². The van der Waals surface area contributed by atoms with E-state index in [0.717, 1.165) is 0 Å². The molecule has 1 N–H and O–H groups in total. The first kappa shape index (κ1) is 16.0. The second-order valence-electron chi connectivity index (χ2n) is 3.98. The maximum Gasteiger partial charge on any atom is 0.339 e. The lowest BCUT2D eigenvalue weighted by atomic mass is 10.1.